The van der Waals surface area contributed by atoms with E-state index in [0.29, 0.717) is 7.92 Å². The molecule has 31 heavy (non-hydrogen) atoms. The van der Waals surface area contributed by atoms with Crippen molar-refractivity contribution in [3.63, 3.8) is 0 Å². The van der Waals surface area contributed by atoms with Crippen molar-refractivity contribution in [2.45, 2.75) is 97.8 Å². The van der Waals surface area contributed by atoms with E-state index < -0.39 is 0 Å². The van der Waals surface area contributed by atoms with Gasteiger partial charge in [-0.1, -0.05) is 50.3 Å². The monoisotopic (exact) mass is 454 g/mol. The number of carbonyl (C=O) groups excluding carboxylic acids is 2. The van der Waals surface area contributed by atoms with Crippen LogP contribution in [0.5, 0.6) is 0 Å². The molecule has 2 rings (SSSR count). The highest BCUT2D eigenvalue weighted by Gasteiger charge is 2.19. The number of carbonyl (C=O) groups is 2. The summed E-state index contributed by atoms with van der Waals surface area (Å²) in [5, 5.41) is 7.09. The van der Waals surface area contributed by atoms with Crippen LogP contribution in [0.2, 0.25) is 0 Å². The fourth-order valence-corrected chi connectivity index (χ4v) is 6.82. The molecule has 2 heterocycles. The van der Waals surface area contributed by atoms with E-state index in [1.54, 1.807) is 28.3 Å². The molecule has 0 bridgehead atoms. The van der Waals surface area contributed by atoms with Gasteiger partial charge in [-0.3, -0.25) is 0 Å². The molecule has 6 nitrogen and oxygen atoms in total. The Kier molecular flexibility index (Phi) is 16.7. The van der Waals surface area contributed by atoms with Crippen LogP contribution in [0.4, 0.5) is 9.59 Å². The molecule has 2 aliphatic heterocycles. The number of urea groups is 2. The van der Waals surface area contributed by atoms with E-state index in [2.05, 4.69) is 31.0 Å². The summed E-state index contributed by atoms with van der Waals surface area (Å²) in [7, 11) is 0.422. The van der Waals surface area contributed by atoms with Gasteiger partial charge in [0.25, 0.3) is 0 Å². The zero-order valence-electron chi connectivity index (χ0n) is 20.5. The standard InChI is InChI=1S/C12H20N4O2.C12H27P/c17-11(15-7-3-1-4-8-15)13-14-12(18)16-9-5-2-6-10-16;1-4-7-10-13(11-8-5-2)12-9-6-3/h1-10H2;4-12H2,1-3H3. The number of rotatable bonds is 9. The number of nitrogens with zero attached hydrogens (tertiary/aromatic N) is 4. The van der Waals surface area contributed by atoms with Crippen molar-refractivity contribution in [2.75, 3.05) is 44.7 Å². The Hall–Kier alpha value is -1.03. The van der Waals surface area contributed by atoms with Gasteiger partial charge in [0.05, 0.1) is 0 Å². The summed E-state index contributed by atoms with van der Waals surface area (Å²) in [6, 6.07) is -0.750. The van der Waals surface area contributed by atoms with Crippen LogP contribution < -0.4 is 0 Å². The third-order valence-electron chi connectivity index (χ3n) is 5.96. The number of amides is 4. The minimum Gasteiger partial charge on any atom is -0.322 e. The summed E-state index contributed by atoms with van der Waals surface area (Å²) >= 11 is 0. The molecule has 180 valence electrons. The highest BCUT2D eigenvalue weighted by Crippen LogP contribution is 2.38. The van der Waals surface area contributed by atoms with Crippen molar-refractivity contribution in [3.05, 3.63) is 0 Å². The van der Waals surface area contributed by atoms with Crippen LogP contribution >= 0.6 is 7.92 Å². The van der Waals surface area contributed by atoms with E-state index in [1.165, 1.54) is 38.5 Å². The summed E-state index contributed by atoms with van der Waals surface area (Å²) < 4.78 is 0. The van der Waals surface area contributed by atoms with Gasteiger partial charge in [0.2, 0.25) is 0 Å². The van der Waals surface area contributed by atoms with Gasteiger partial charge in [-0.15, -0.1) is 7.92 Å². The molecule has 2 saturated heterocycles. The fraction of sp³-hybridized carbons (Fsp3) is 0.917. The second-order valence-electron chi connectivity index (χ2n) is 8.76. The lowest BCUT2D eigenvalue weighted by molar-refractivity contribution is 0.187. The molecule has 7 heteroatoms. The van der Waals surface area contributed by atoms with Crippen molar-refractivity contribution >= 4 is 20.0 Å². The Morgan fingerprint density at radius 1 is 0.613 bits per heavy atom. The fourth-order valence-electron chi connectivity index (χ4n) is 3.86. The molecule has 0 atom stereocenters. The van der Waals surface area contributed by atoms with Crippen molar-refractivity contribution in [2.24, 2.45) is 10.2 Å². The summed E-state index contributed by atoms with van der Waals surface area (Å²) in [6.45, 7) is 9.87. The van der Waals surface area contributed by atoms with Crippen molar-refractivity contribution in [1.29, 1.82) is 0 Å². The zero-order chi connectivity index (χ0) is 22.7. The smallest absolute Gasteiger partial charge is 0.322 e. The lowest BCUT2D eigenvalue weighted by Gasteiger charge is -2.25. The van der Waals surface area contributed by atoms with Crippen LogP contribution in [-0.4, -0.2) is 66.5 Å². The van der Waals surface area contributed by atoms with Gasteiger partial charge >= 0.3 is 12.1 Å². The molecule has 0 radical (unpaired) electrons. The van der Waals surface area contributed by atoms with E-state index in [-0.39, 0.29) is 12.1 Å². The Morgan fingerprint density at radius 3 is 1.23 bits per heavy atom. The van der Waals surface area contributed by atoms with Crippen LogP contribution in [0.3, 0.4) is 0 Å². The predicted molar refractivity (Wildman–Crippen MR) is 133 cm³/mol. The number of unbranched alkanes of at least 4 members (excludes halogenated alkanes) is 3. The van der Waals surface area contributed by atoms with E-state index in [4.69, 9.17) is 0 Å². The molecule has 2 fully saturated rings. The first-order chi connectivity index (χ1) is 15.1. The Labute approximate surface area is 192 Å². The lowest BCUT2D eigenvalue weighted by Crippen LogP contribution is -2.35. The second-order valence-corrected chi connectivity index (χ2v) is 11.4. The molecule has 0 saturated carbocycles. The van der Waals surface area contributed by atoms with Crippen LogP contribution in [0, 0.1) is 0 Å². The first-order valence-corrected chi connectivity index (χ1v) is 14.7. The minimum atomic E-state index is -0.375. The summed E-state index contributed by atoms with van der Waals surface area (Å²) in [6.07, 6.45) is 19.6. The molecule has 0 aliphatic carbocycles. The van der Waals surface area contributed by atoms with E-state index in [1.807, 2.05) is 0 Å². The van der Waals surface area contributed by atoms with Gasteiger partial charge < -0.3 is 9.80 Å². The molecule has 0 aromatic carbocycles. The summed E-state index contributed by atoms with van der Waals surface area (Å²) in [5.41, 5.74) is 0. The molecule has 0 aromatic heterocycles. The second kappa shape index (κ2) is 18.5. The van der Waals surface area contributed by atoms with Gasteiger partial charge in [0.1, 0.15) is 0 Å². The lowest BCUT2D eigenvalue weighted by atomic mass is 10.1. The SMILES string of the molecule is CCCCP(CCCC)CCCC.O=C(N=NC(=O)N1CCCCC1)N1CCCCC1. The van der Waals surface area contributed by atoms with Gasteiger partial charge in [-0.25, -0.2) is 9.59 Å². The quantitative estimate of drug-likeness (QED) is 0.267. The molecular formula is C24H47N4O2P. The van der Waals surface area contributed by atoms with Gasteiger partial charge in [0.15, 0.2) is 0 Å². The maximum atomic E-state index is 11.7. The highest BCUT2D eigenvalue weighted by molar-refractivity contribution is 7.57. The van der Waals surface area contributed by atoms with Crippen molar-refractivity contribution < 1.29 is 9.59 Å². The minimum absolute atomic E-state index is 0.375. The number of hydrogen-bond donors (Lipinski definition) is 0. The zero-order valence-corrected chi connectivity index (χ0v) is 21.4. The summed E-state index contributed by atoms with van der Waals surface area (Å²) in [4.78, 5) is 26.7. The van der Waals surface area contributed by atoms with Crippen LogP contribution in [-0.2, 0) is 0 Å². The molecule has 2 aliphatic rings. The number of piperidine rings is 2. The van der Waals surface area contributed by atoms with Gasteiger partial charge in [0, 0.05) is 26.2 Å². The van der Waals surface area contributed by atoms with E-state index in [0.717, 1.165) is 64.7 Å². The van der Waals surface area contributed by atoms with Gasteiger partial charge in [-0.2, -0.15) is 0 Å². The molecule has 4 amide bonds. The third kappa shape index (κ3) is 13.2. The number of hydrogen-bond acceptors (Lipinski definition) is 2. The average Bonchev–Trinajstić information content (AvgIpc) is 2.83. The Morgan fingerprint density at radius 2 is 0.935 bits per heavy atom. The maximum Gasteiger partial charge on any atom is 0.362 e. The molecular weight excluding hydrogens is 407 g/mol. The van der Waals surface area contributed by atoms with E-state index in [9.17, 15) is 9.59 Å². The first-order valence-electron chi connectivity index (χ1n) is 12.8. The van der Waals surface area contributed by atoms with Gasteiger partial charge in [-0.05, 0) is 76.3 Å². The van der Waals surface area contributed by atoms with Crippen LogP contribution in [0.1, 0.15) is 97.8 Å². The normalized spacial score (nSPS) is 17.0. The van der Waals surface area contributed by atoms with E-state index >= 15 is 0 Å². The Balaban J connectivity index is 0.000000330. The Bertz CT molecular complexity index is 453. The maximum absolute atomic E-state index is 11.7. The predicted octanol–water partition coefficient (Wildman–Crippen LogP) is 7.52. The van der Waals surface area contributed by atoms with Crippen molar-refractivity contribution in [3.8, 4) is 0 Å². The summed E-state index contributed by atoms with van der Waals surface area (Å²) in [5.74, 6) is 0. The largest absolute Gasteiger partial charge is 0.362 e. The third-order valence-corrected chi connectivity index (χ3v) is 8.80. The number of azo groups is 1. The first kappa shape index (κ1) is 28.0. The molecule has 0 aromatic rings. The molecule has 0 spiro atoms. The highest BCUT2D eigenvalue weighted by atomic mass is 31.1. The van der Waals surface area contributed by atoms with Crippen LogP contribution in [0.15, 0.2) is 10.2 Å². The van der Waals surface area contributed by atoms with Crippen LogP contribution in [0.25, 0.3) is 0 Å². The van der Waals surface area contributed by atoms with Crippen molar-refractivity contribution in [1.82, 2.24) is 9.80 Å². The average molecular weight is 455 g/mol. The molecule has 0 unspecified atom stereocenters. The molecule has 0 N–H and O–H groups in total. The topological polar surface area (TPSA) is 65.3 Å². The number of likely N-dealkylation sites (tertiary alicyclic amines) is 2.